The van der Waals surface area contributed by atoms with Gasteiger partial charge in [-0.2, -0.15) is 0 Å². The summed E-state index contributed by atoms with van der Waals surface area (Å²) in [6.07, 6.45) is 10.4. The molecule has 0 radical (unpaired) electrons. The molecule has 1 heterocycles. The maximum Gasteiger partial charge on any atom is 0.223 e. The van der Waals surface area contributed by atoms with Crippen LogP contribution in [0.2, 0.25) is 0 Å². The van der Waals surface area contributed by atoms with Crippen LogP contribution in [-0.4, -0.2) is 24.5 Å². The second-order valence-electron chi connectivity index (χ2n) is 6.90. The first-order chi connectivity index (χ1) is 9.25. The second kappa shape index (κ2) is 5.82. The van der Waals surface area contributed by atoms with Crippen LogP contribution < -0.4 is 10.6 Å². The number of carbonyl (C=O) groups is 1. The Kier molecular flexibility index (Phi) is 4.11. The number of amides is 1. The molecule has 3 aliphatic rings. The zero-order valence-corrected chi connectivity index (χ0v) is 12.2. The first-order valence-corrected chi connectivity index (χ1v) is 8.29. The lowest BCUT2D eigenvalue weighted by atomic mass is 9.85. The lowest BCUT2D eigenvalue weighted by Gasteiger charge is -2.31. The van der Waals surface area contributed by atoms with Crippen LogP contribution >= 0.6 is 0 Å². The van der Waals surface area contributed by atoms with Gasteiger partial charge in [0.1, 0.15) is 0 Å². The highest BCUT2D eigenvalue weighted by Crippen LogP contribution is 2.49. The molecular formula is C16H28N2O. The molecule has 0 bridgehead atoms. The van der Waals surface area contributed by atoms with E-state index in [-0.39, 0.29) is 0 Å². The molecule has 0 aromatic heterocycles. The third kappa shape index (κ3) is 3.13. The van der Waals surface area contributed by atoms with E-state index in [9.17, 15) is 4.79 Å². The third-order valence-electron chi connectivity index (χ3n) is 5.52. The van der Waals surface area contributed by atoms with Gasteiger partial charge in [-0.15, -0.1) is 0 Å². The summed E-state index contributed by atoms with van der Waals surface area (Å²) in [6, 6.07) is 0.790. The number of piperidine rings is 1. The zero-order chi connectivity index (χ0) is 13.2. The Morgan fingerprint density at radius 1 is 1.11 bits per heavy atom. The van der Waals surface area contributed by atoms with Crippen molar-refractivity contribution >= 4 is 5.91 Å². The maximum atomic E-state index is 12.3. The lowest BCUT2D eigenvalue weighted by molar-refractivity contribution is -0.123. The molecule has 3 rings (SSSR count). The molecule has 0 aromatic rings. The molecule has 3 nitrogen and oxygen atoms in total. The average Bonchev–Trinajstić information content (AvgIpc) is 3.23. The fourth-order valence-corrected chi connectivity index (χ4v) is 4.13. The van der Waals surface area contributed by atoms with Crippen LogP contribution in [0.4, 0.5) is 0 Å². The van der Waals surface area contributed by atoms with Crippen LogP contribution in [0.25, 0.3) is 0 Å². The van der Waals surface area contributed by atoms with Crippen molar-refractivity contribution < 1.29 is 4.79 Å². The summed E-state index contributed by atoms with van der Waals surface area (Å²) in [5.41, 5.74) is 0. The van der Waals surface area contributed by atoms with Crippen molar-refractivity contribution in [3.63, 3.8) is 0 Å². The minimum atomic E-state index is 0.344. The van der Waals surface area contributed by atoms with E-state index in [2.05, 4.69) is 17.6 Å². The van der Waals surface area contributed by atoms with Crippen LogP contribution in [0.5, 0.6) is 0 Å². The molecule has 19 heavy (non-hydrogen) atoms. The van der Waals surface area contributed by atoms with Crippen LogP contribution in [0.1, 0.15) is 58.3 Å². The van der Waals surface area contributed by atoms with E-state index in [4.69, 9.17) is 0 Å². The van der Waals surface area contributed by atoms with Crippen LogP contribution in [0.15, 0.2) is 0 Å². The van der Waals surface area contributed by atoms with Crippen molar-refractivity contribution in [3.05, 3.63) is 0 Å². The molecule has 3 fully saturated rings. The number of rotatable bonds is 3. The largest absolute Gasteiger partial charge is 0.352 e. The Labute approximate surface area is 116 Å². The average molecular weight is 264 g/mol. The van der Waals surface area contributed by atoms with Crippen molar-refractivity contribution in [2.24, 2.45) is 17.8 Å². The summed E-state index contributed by atoms with van der Waals surface area (Å²) in [6.45, 7) is 3.29. The summed E-state index contributed by atoms with van der Waals surface area (Å²) in [7, 11) is 0. The molecule has 0 aromatic carbocycles. The van der Waals surface area contributed by atoms with E-state index in [1.807, 2.05) is 0 Å². The van der Waals surface area contributed by atoms with Crippen LogP contribution in [0.3, 0.4) is 0 Å². The quantitative estimate of drug-likeness (QED) is 0.822. The van der Waals surface area contributed by atoms with Gasteiger partial charge < -0.3 is 10.6 Å². The van der Waals surface area contributed by atoms with E-state index in [0.29, 0.717) is 29.8 Å². The molecule has 0 spiro atoms. The van der Waals surface area contributed by atoms with Gasteiger partial charge in [0, 0.05) is 18.0 Å². The van der Waals surface area contributed by atoms with Crippen molar-refractivity contribution in [3.8, 4) is 0 Å². The minimum Gasteiger partial charge on any atom is -0.352 e. The monoisotopic (exact) mass is 264 g/mol. The predicted octanol–water partition coefficient (Wildman–Crippen LogP) is 2.46. The SMILES string of the molecule is CC1NCCCC1NC(=O)C1CC1C1CCCCC1. The fraction of sp³-hybridized carbons (Fsp3) is 0.938. The number of hydrogen-bond acceptors (Lipinski definition) is 2. The lowest BCUT2D eigenvalue weighted by Crippen LogP contribution is -2.52. The summed E-state index contributed by atoms with van der Waals surface area (Å²) in [4.78, 5) is 12.3. The Hall–Kier alpha value is -0.570. The Bertz CT molecular complexity index is 325. The van der Waals surface area contributed by atoms with Gasteiger partial charge in [0.05, 0.1) is 0 Å². The highest BCUT2D eigenvalue weighted by Gasteiger charge is 2.47. The van der Waals surface area contributed by atoms with E-state index in [0.717, 1.165) is 25.3 Å². The first kappa shape index (κ1) is 13.4. The van der Waals surface area contributed by atoms with E-state index in [1.54, 1.807) is 0 Å². The summed E-state index contributed by atoms with van der Waals surface area (Å²) in [5, 5.41) is 6.75. The van der Waals surface area contributed by atoms with Gasteiger partial charge in [-0.1, -0.05) is 32.1 Å². The second-order valence-corrected chi connectivity index (χ2v) is 6.90. The van der Waals surface area contributed by atoms with Gasteiger partial charge in [-0.05, 0) is 44.6 Å². The number of carbonyl (C=O) groups excluding carboxylic acids is 1. The van der Waals surface area contributed by atoms with E-state index in [1.165, 1.54) is 38.5 Å². The Balaban J connectivity index is 1.46. The van der Waals surface area contributed by atoms with Crippen LogP contribution in [0, 0.1) is 17.8 Å². The molecule has 4 atom stereocenters. The van der Waals surface area contributed by atoms with Crippen LogP contribution in [-0.2, 0) is 4.79 Å². The Morgan fingerprint density at radius 3 is 2.63 bits per heavy atom. The predicted molar refractivity (Wildman–Crippen MR) is 76.8 cm³/mol. The maximum absolute atomic E-state index is 12.3. The number of nitrogens with one attached hydrogen (secondary N) is 2. The molecule has 1 saturated heterocycles. The third-order valence-corrected chi connectivity index (χ3v) is 5.52. The molecule has 1 amide bonds. The fourth-order valence-electron chi connectivity index (χ4n) is 4.13. The van der Waals surface area contributed by atoms with Gasteiger partial charge in [-0.3, -0.25) is 4.79 Å². The summed E-state index contributed by atoms with van der Waals surface area (Å²) >= 11 is 0. The van der Waals surface area contributed by atoms with Crippen molar-refractivity contribution in [2.75, 3.05) is 6.54 Å². The van der Waals surface area contributed by atoms with Crippen molar-refractivity contribution in [1.29, 1.82) is 0 Å². The van der Waals surface area contributed by atoms with Gasteiger partial charge in [-0.25, -0.2) is 0 Å². The molecular weight excluding hydrogens is 236 g/mol. The Morgan fingerprint density at radius 2 is 1.89 bits per heavy atom. The molecule has 2 aliphatic carbocycles. The van der Waals surface area contributed by atoms with E-state index < -0.39 is 0 Å². The molecule has 4 unspecified atom stereocenters. The summed E-state index contributed by atoms with van der Waals surface area (Å²) in [5.74, 6) is 2.26. The molecule has 3 heteroatoms. The van der Waals surface area contributed by atoms with Gasteiger partial charge >= 0.3 is 0 Å². The van der Waals surface area contributed by atoms with Gasteiger partial charge in [0.25, 0.3) is 0 Å². The standard InChI is InChI=1S/C16H28N2O/c1-11-15(8-5-9-17-11)18-16(19)14-10-13(14)12-6-3-2-4-7-12/h11-15,17H,2-10H2,1H3,(H,18,19). The molecule has 2 N–H and O–H groups in total. The smallest absolute Gasteiger partial charge is 0.223 e. The molecule has 1 aliphatic heterocycles. The van der Waals surface area contributed by atoms with Gasteiger partial charge in [0.15, 0.2) is 0 Å². The normalized spacial score (nSPS) is 39.8. The first-order valence-electron chi connectivity index (χ1n) is 8.29. The zero-order valence-electron chi connectivity index (χ0n) is 12.2. The highest BCUT2D eigenvalue weighted by molar-refractivity contribution is 5.82. The van der Waals surface area contributed by atoms with Crippen molar-refractivity contribution in [2.45, 2.75) is 70.4 Å². The summed E-state index contributed by atoms with van der Waals surface area (Å²) < 4.78 is 0. The molecule has 108 valence electrons. The van der Waals surface area contributed by atoms with Gasteiger partial charge in [0.2, 0.25) is 5.91 Å². The number of hydrogen-bond donors (Lipinski definition) is 2. The molecule has 2 saturated carbocycles. The minimum absolute atomic E-state index is 0.344. The highest BCUT2D eigenvalue weighted by atomic mass is 16.2. The topological polar surface area (TPSA) is 41.1 Å². The van der Waals surface area contributed by atoms with Crippen molar-refractivity contribution in [1.82, 2.24) is 10.6 Å². The van der Waals surface area contributed by atoms with E-state index >= 15 is 0 Å².